The highest BCUT2D eigenvalue weighted by molar-refractivity contribution is 9.10. The Labute approximate surface area is 112 Å². The summed E-state index contributed by atoms with van der Waals surface area (Å²) in [5.74, 6) is 0.426. The molecule has 0 radical (unpaired) electrons. The maximum Gasteiger partial charge on any atom is 0.273 e. The average Bonchev–Trinajstić information content (AvgIpc) is 2.38. The minimum absolute atomic E-state index is 0.00535. The van der Waals surface area contributed by atoms with Gasteiger partial charge in [0, 0.05) is 12.3 Å². The molecule has 0 unspecified atom stereocenters. The summed E-state index contributed by atoms with van der Waals surface area (Å²) in [6, 6.07) is 9.88. The minimum atomic E-state index is -0.458. The third-order valence-electron chi connectivity index (χ3n) is 2.23. The normalized spacial score (nSPS) is 10.1. The lowest BCUT2D eigenvalue weighted by Gasteiger charge is -2.07. The molecule has 0 saturated carbocycles. The molecule has 6 heteroatoms. The third-order valence-corrected chi connectivity index (χ3v) is 2.88. The van der Waals surface area contributed by atoms with Crippen LogP contribution in [0.4, 0.5) is 5.69 Å². The Kier molecular flexibility index (Phi) is 3.88. The van der Waals surface area contributed by atoms with Crippen LogP contribution in [-0.4, -0.2) is 9.91 Å². The number of pyridine rings is 1. The smallest absolute Gasteiger partial charge is 0.273 e. The summed E-state index contributed by atoms with van der Waals surface area (Å²) in [6.45, 7) is 0.264. The molecule has 5 nitrogen and oxygen atoms in total. The SMILES string of the molecule is O=[N+]([O-])c1ccc(Br)c(OCc2ccccn2)c1. The third kappa shape index (κ3) is 3.04. The Morgan fingerprint density at radius 3 is 2.83 bits per heavy atom. The molecule has 0 spiro atoms. The lowest BCUT2D eigenvalue weighted by atomic mass is 10.3. The van der Waals surface area contributed by atoms with Crippen LogP contribution in [0, 0.1) is 10.1 Å². The number of benzene rings is 1. The molecule has 2 rings (SSSR count). The van der Waals surface area contributed by atoms with Crippen LogP contribution in [0.15, 0.2) is 47.1 Å². The zero-order chi connectivity index (χ0) is 13.0. The van der Waals surface area contributed by atoms with Crippen molar-refractivity contribution in [2.24, 2.45) is 0 Å². The summed E-state index contributed by atoms with van der Waals surface area (Å²) >= 11 is 3.29. The summed E-state index contributed by atoms with van der Waals surface area (Å²) in [5, 5.41) is 10.7. The van der Waals surface area contributed by atoms with Crippen molar-refractivity contribution < 1.29 is 9.66 Å². The Morgan fingerprint density at radius 1 is 1.33 bits per heavy atom. The monoisotopic (exact) mass is 308 g/mol. The van der Waals surface area contributed by atoms with Crippen molar-refractivity contribution in [3.05, 3.63) is 62.9 Å². The molecular formula is C12H9BrN2O3. The number of non-ortho nitro benzene ring substituents is 1. The van der Waals surface area contributed by atoms with E-state index in [2.05, 4.69) is 20.9 Å². The van der Waals surface area contributed by atoms with E-state index in [-0.39, 0.29) is 12.3 Å². The predicted octanol–water partition coefficient (Wildman–Crippen LogP) is 3.33. The Balaban J connectivity index is 2.14. The zero-order valence-electron chi connectivity index (χ0n) is 9.25. The van der Waals surface area contributed by atoms with Gasteiger partial charge in [-0.15, -0.1) is 0 Å². The van der Waals surface area contributed by atoms with E-state index in [1.807, 2.05) is 18.2 Å². The van der Waals surface area contributed by atoms with E-state index >= 15 is 0 Å². The maximum absolute atomic E-state index is 10.7. The van der Waals surface area contributed by atoms with Crippen LogP contribution in [0.2, 0.25) is 0 Å². The minimum Gasteiger partial charge on any atom is -0.486 e. The van der Waals surface area contributed by atoms with Crippen molar-refractivity contribution in [2.45, 2.75) is 6.61 Å². The number of halogens is 1. The molecule has 0 fully saturated rings. The molecule has 1 heterocycles. The van der Waals surface area contributed by atoms with E-state index in [1.54, 1.807) is 12.3 Å². The highest BCUT2D eigenvalue weighted by Crippen LogP contribution is 2.29. The van der Waals surface area contributed by atoms with Gasteiger partial charge >= 0.3 is 0 Å². The summed E-state index contributed by atoms with van der Waals surface area (Å²) in [4.78, 5) is 14.3. The summed E-state index contributed by atoms with van der Waals surface area (Å²) < 4.78 is 6.17. The van der Waals surface area contributed by atoms with Crippen molar-refractivity contribution in [1.82, 2.24) is 4.98 Å². The largest absolute Gasteiger partial charge is 0.486 e. The maximum atomic E-state index is 10.7. The van der Waals surface area contributed by atoms with E-state index in [0.717, 1.165) is 5.69 Å². The van der Waals surface area contributed by atoms with Crippen LogP contribution >= 0.6 is 15.9 Å². The van der Waals surface area contributed by atoms with Gasteiger partial charge in [0.05, 0.1) is 21.2 Å². The molecule has 1 aromatic heterocycles. The number of hydrogen-bond donors (Lipinski definition) is 0. The first kappa shape index (κ1) is 12.5. The first-order chi connectivity index (χ1) is 8.66. The molecular weight excluding hydrogens is 300 g/mol. The second-order valence-electron chi connectivity index (χ2n) is 3.48. The molecule has 0 aliphatic carbocycles. The molecule has 18 heavy (non-hydrogen) atoms. The first-order valence-electron chi connectivity index (χ1n) is 5.13. The number of ether oxygens (including phenoxy) is 1. The molecule has 1 aromatic carbocycles. The standard InChI is InChI=1S/C12H9BrN2O3/c13-11-5-4-10(15(16)17)7-12(11)18-8-9-3-1-2-6-14-9/h1-7H,8H2. The van der Waals surface area contributed by atoms with Crippen LogP contribution in [-0.2, 0) is 6.61 Å². The van der Waals surface area contributed by atoms with E-state index in [4.69, 9.17) is 4.74 Å². The van der Waals surface area contributed by atoms with Gasteiger partial charge < -0.3 is 4.74 Å². The molecule has 92 valence electrons. The number of hydrogen-bond acceptors (Lipinski definition) is 4. The molecule has 0 atom stereocenters. The first-order valence-corrected chi connectivity index (χ1v) is 5.93. The molecule has 0 saturated heterocycles. The van der Waals surface area contributed by atoms with Gasteiger partial charge in [0.2, 0.25) is 0 Å². The van der Waals surface area contributed by atoms with E-state index in [0.29, 0.717) is 10.2 Å². The van der Waals surface area contributed by atoms with Crippen molar-refractivity contribution >= 4 is 21.6 Å². The zero-order valence-corrected chi connectivity index (χ0v) is 10.8. The van der Waals surface area contributed by atoms with Gasteiger partial charge in [0.15, 0.2) is 0 Å². The van der Waals surface area contributed by atoms with Gasteiger partial charge in [0.25, 0.3) is 5.69 Å². The fourth-order valence-electron chi connectivity index (χ4n) is 1.35. The van der Waals surface area contributed by atoms with Gasteiger partial charge in [-0.1, -0.05) is 6.07 Å². The van der Waals surface area contributed by atoms with Gasteiger partial charge in [-0.3, -0.25) is 15.1 Å². The average molecular weight is 309 g/mol. The van der Waals surface area contributed by atoms with Crippen LogP contribution in [0.5, 0.6) is 5.75 Å². The highest BCUT2D eigenvalue weighted by atomic mass is 79.9. The Morgan fingerprint density at radius 2 is 2.17 bits per heavy atom. The second-order valence-corrected chi connectivity index (χ2v) is 4.34. The number of rotatable bonds is 4. The lowest BCUT2D eigenvalue weighted by molar-refractivity contribution is -0.385. The van der Waals surface area contributed by atoms with Gasteiger partial charge in [-0.05, 0) is 34.1 Å². The molecule has 0 N–H and O–H groups in total. The fraction of sp³-hybridized carbons (Fsp3) is 0.0833. The van der Waals surface area contributed by atoms with Crippen molar-refractivity contribution in [3.63, 3.8) is 0 Å². The summed E-state index contributed by atoms with van der Waals surface area (Å²) in [7, 11) is 0. The molecule has 0 aliphatic heterocycles. The Bertz CT molecular complexity index is 561. The molecule has 0 amide bonds. The number of nitro groups is 1. The quantitative estimate of drug-likeness (QED) is 0.642. The number of nitrogens with zero attached hydrogens (tertiary/aromatic N) is 2. The van der Waals surface area contributed by atoms with Gasteiger partial charge in [0.1, 0.15) is 12.4 Å². The molecule has 2 aromatic rings. The molecule has 0 aliphatic rings. The summed E-state index contributed by atoms with van der Waals surface area (Å²) in [5.41, 5.74) is 0.755. The second kappa shape index (κ2) is 5.59. The van der Waals surface area contributed by atoms with E-state index in [9.17, 15) is 10.1 Å². The van der Waals surface area contributed by atoms with Crippen molar-refractivity contribution in [1.29, 1.82) is 0 Å². The number of aromatic nitrogens is 1. The topological polar surface area (TPSA) is 65.3 Å². The van der Waals surface area contributed by atoms with Crippen LogP contribution in [0.1, 0.15) is 5.69 Å². The van der Waals surface area contributed by atoms with Gasteiger partial charge in [-0.2, -0.15) is 0 Å². The highest BCUT2D eigenvalue weighted by Gasteiger charge is 2.10. The van der Waals surface area contributed by atoms with Crippen LogP contribution in [0.3, 0.4) is 0 Å². The van der Waals surface area contributed by atoms with Crippen LogP contribution < -0.4 is 4.74 Å². The fourth-order valence-corrected chi connectivity index (χ4v) is 1.71. The van der Waals surface area contributed by atoms with Gasteiger partial charge in [-0.25, -0.2) is 0 Å². The van der Waals surface area contributed by atoms with E-state index in [1.165, 1.54) is 12.1 Å². The van der Waals surface area contributed by atoms with Crippen LogP contribution in [0.25, 0.3) is 0 Å². The number of nitro benzene ring substituents is 1. The molecule has 0 bridgehead atoms. The van der Waals surface area contributed by atoms with E-state index < -0.39 is 4.92 Å². The Hall–Kier alpha value is -1.95. The lowest BCUT2D eigenvalue weighted by Crippen LogP contribution is -1.98. The summed E-state index contributed by atoms with van der Waals surface area (Å²) in [6.07, 6.45) is 1.67. The van der Waals surface area contributed by atoms with Crippen molar-refractivity contribution in [3.8, 4) is 5.75 Å². The predicted molar refractivity (Wildman–Crippen MR) is 69.4 cm³/mol. The van der Waals surface area contributed by atoms with Crippen molar-refractivity contribution in [2.75, 3.05) is 0 Å².